The van der Waals surface area contributed by atoms with Crippen LogP contribution in [0.4, 0.5) is 0 Å². The summed E-state index contributed by atoms with van der Waals surface area (Å²) in [6.45, 7) is 9.98. The van der Waals surface area contributed by atoms with Gasteiger partial charge in [-0.05, 0) is 42.6 Å². The lowest BCUT2D eigenvalue weighted by molar-refractivity contribution is -0.148. The van der Waals surface area contributed by atoms with Gasteiger partial charge in [0.2, 0.25) is 23.6 Å². The quantitative estimate of drug-likeness (QED) is 0.145. The van der Waals surface area contributed by atoms with Crippen molar-refractivity contribution >= 4 is 29.6 Å². The molecule has 1 heterocycles. The molecule has 1 saturated heterocycles. The molecule has 0 unspecified atom stereocenters. The number of carbonyl (C=O) groups is 5. The molecule has 13 heteroatoms. The molecule has 9 atom stereocenters. The Bertz CT molecular complexity index is 1370. The molecule has 1 aromatic carbocycles. The number of nitrogens with zero attached hydrogens (tertiary/aromatic N) is 2. The molecule has 0 bridgehead atoms. The monoisotopic (exact) mass is 757 g/mol. The number of methoxy groups -OCH3 is 2. The van der Waals surface area contributed by atoms with Crippen molar-refractivity contribution in [1.29, 1.82) is 0 Å². The summed E-state index contributed by atoms with van der Waals surface area (Å²) in [5.41, 5.74) is 7.11. The number of likely N-dealkylation sites (tertiary alicyclic amines) is 1. The number of nitrogens with two attached hydrogens (primary N) is 1. The maximum Gasteiger partial charge on any atom is 0.326 e. The third kappa shape index (κ3) is 12.0. The number of rotatable bonds is 21. The zero-order valence-corrected chi connectivity index (χ0v) is 33.8. The third-order valence-corrected chi connectivity index (χ3v) is 11.8. The number of carbonyl (C=O) groups excluding carboxylic acids is 4. The molecule has 5 N–H and O–H groups in total. The van der Waals surface area contributed by atoms with E-state index in [1.165, 1.54) is 14.2 Å². The maximum atomic E-state index is 14.2. The van der Waals surface area contributed by atoms with E-state index in [2.05, 4.69) is 10.6 Å². The fourth-order valence-electron chi connectivity index (χ4n) is 8.36. The standard InChI is InChI=1S/C41H67N5O8/c1-9-26(4)36(45(6)40(50)35(25(2)3)44-39(49)30(42)22-28-18-13-14-19-28)33(53-7)24-34(47)46-21-15-20-32(46)37(54-8)27(5)38(48)43-31(41(51)52)23-29-16-11-10-12-17-29/h10-12,16-17,25-28,30-33,35-37H,9,13-15,18-24,42H2,1-8H3,(H,43,48)(H,44,49)(H,51,52)/t26-,27+,30-,31-,32-,33+,35-,36-,37+/m0/s1. The largest absolute Gasteiger partial charge is 0.480 e. The fourth-order valence-corrected chi connectivity index (χ4v) is 8.36. The SMILES string of the molecule is CC[C@H](C)[C@@H]([C@@H](CC(=O)N1CCC[C@H]1[C@H](OC)[C@@H](C)C(=O)N[C@@H](Cc1ccccc1)C(=O)O)OC)N(C)C(=O)[C@@H](NC(=O)[C@@H](N)CC1CCCC1)C(C)C. The topological polar surface area (TPSA) is 181 Å². The Kier molecular flexibility index (Phi) is 17.9. The summed E-state index contributed by atoms with van der Waals surface area (Å²) in [7, 11) is 4.74. The van der Waals surface area contributed by atoms with Gasteiger partial charge in [0.05, 0.1) is 42.7 Å². The lowest BCUT2D eigenvalue weighted by Gasteiger charge is -2.41. The van der Waals surface area contributed by atoms with Gasteiger partial charge in [-0.1, -0.05) is 97.1 Å². The molecule has 54 heavy (non-hydrogen) atoms. The van der Waals surface area contributed by atoms with Crippen LogP contribution in [-0.4, -0.2) is 115 Å². The molecule has 2 aliphatic rings. The van der Waals surface area contributed by atoms with Gasteiger partial charge in [0, 0.05) is 34.2 Å². The van der Waals surface area contributed by atoms with E-state index in [1.807, 2.05) is 58.0 Å². The van der Waals surface area contributed by atoms with Gasteiger partial charge in [0.25, 0.3) is 0 Å². The second kappa shape index (κ2) is 21.5. The highest BCUT2D eigenvalue weighted by atomic mass is 16.5. The van der Waals surface area contributed by atoms with Crippen molar-refractivity contribution < 1.29 is 38.6 Å². The molecular formula is C41H67N5O8. The Morgan fingerprint density at radius 3 is 2.15 bits per heavy atom. The molecule has 0 aromatic heterocycles. The first-order chi connectivity index (χ1) is 25.6. The predicted octanol–water partition coefficient (Wildman–Crippen LogP) is 3.77. The highest BCUT2D eigenvalue weighted by molar-refractivity contribution is 5.90. The van der Waals surface area contributed by atoms with E-state index >= 15 is 0 Å². The normalized spacial score (nSPS) is 20.7. The first-order valence-corrected chi connectivity index (χ1v) is 19.9. The van der Waals surface area contributed by atoms with E-state index in [9.17, 15) is 29.1 Å². The number of ether oxygens (including phenoxy) is 2. The van der Waals surface area contributed by atoms with Crippen LogP contribution in [0.15, 0.2) is 30.3 Å². The van der Waals surface area contributed by atoms with Gasteiger partial charge in [-0.3, -0.25) is 19.2 Å². The summed E-state index contributed by atoms with van der Waals surface area (Å²) >= 11 is 0. The number of amides is 4. The molecule has 304 valence electrons. The van der Waals surface area contributed by atoms with Crippen LogP contribution >= 0.6 is 0 Å². The molecule has 1 aromatic rings. The molecule has 4 amide bonds. The number of benzene rings is 1. The van der Waals surface area contributed by atoms with Crippen molar-refractivity contribution in [3.05, 3.63) is 35.9 Å². The first kappa shape index (κ1) is 44.8. The minimum Gasteiger partial charge on any atom is -0.480 e. The number of hydrogen-bond acceptors (Lipinski definition) is 8. The molecule has 1 saturated carbocycles. The number of aliphatic carboxylic acids is 1. The fraction of sp³-hybridized carbons (Fsp3) is 0.732. The molecular weight excluding hydrogens is 690 g/mol. The Balaban J connectivity index is 1.73. The zero-order chi connectivity index (χ0) is 40.1. The van der Waals surface area contributed by atoms with Gasteiger partial charge < -0.3 is 40.7 Å². The van der Waals surface area contributed by atoms with Crippen LogP contribution in [0.2, 0.25) is 0 Å². The first-order valence-electron chi connectivity index (χ1n) is 19.9. The second-order valence-electron chi connectivity index (χ2n) is 15.9. The summed E-state index contributed by atoms with van der Waals surface area (Å²) in [5.74, 6) is -2.97. The van der Waals surface area contributed by atoms with Gasteiger partial charge in [0.15, 0.2) is 0 Å². The van der Waals surface area contributed by atoms with E-state index in [0.29, 0.717) is 38.1 Å². The Hall–Kier alpha value is -3.55. The van der Waals surface area contributed by atoms with Gasteiger partial charge >= 0.3 is 5.97 Å². The third-order valence-electron chi connectivity index (χ3n) is 11.8. The number of likely N-dealkylation sites (N-methyl/N-ethyl adjacent to an activating group) is 1. The number of carboxylic acids is 1. The van der Waals surface area contributed by atoms with Crippen LogP contribution in [0, 0.1) is 23.7 Å². The molecule has 1 aliphatic carbocycles. The van der Waals surface area contributed by atoms with Crippen LogP contribution in [0.25, 0.3) is 0 Å². The van der Waals surface area contributed by atoms with Crippen molar-refractivity contribution in [1.82, 2.24) is 20.4 Å². The Morgan fingerprint density at radius 2 is 1.59 bits per heavy atom. The number of hydrogen-bond donors (Lipinski definition) is 4. The molecule has 1 aliphatic heterocycles. The molecule has 0 spiro atoms. The summed E-state index contributed by atoms with van der Waals surface area (Å²) in [5, 5.41) is 15.5. The maximum absolute atomic E-state index is 14.2. The van der Waals surface area contributed by atoms with E-state index in [4.69, 9.17) is 15.2 Å². The van der Waals surface area contributed by atoms with E-state index < -0.39 is 60.2 Å². The average Bonchev–Trinajstić information content (AvgIpc) is 3.86. The van der Waals surface area contributed by atoms with Crippen LogP contribution < -0.4 is 16.4 Å². The molecule has 13 nitrogen and oxygen atoms in total. The smallest absolute Gasteiger partial charge is 0.326 e. The summed E-state index contributed by atoms with van der Waals surface area (Å²) in [4.78, 5) is 70.5. The van der Waals surface area contributed by atoms with Gasteiger partial charge in [-0.2, -0.15) is 0 Å². The van der Waals surface area contributed by atoms with E-state index in [0.717, 1.165) is 31.2 Å². The van der Waals surface area contributed by atoms with Gasteiger partial charge in [-0.15, -0.1) is 0 Å². The Labute approximate surface area is 322 Å². The van der Waals surface area contributed by atoms with Crippen molar-refractivity contribution in [2.75, 3.05) is 27.8 Å². The van der Waals surface area contributed by atoms with Gasteiger partial charge in [-0.25, -0.2) is 4.79 Å². The lowest BCUT2D eigenvalue weighted by atomic mass is 9.89. The zero-order valence-electron chi connectivity index (χ0n) is 33.8. The molecule has 2 fully saturated rings. The van der Waals surface area contributed by atoms with Crippen molar-refractivity contribution in [3.8, 4) is 0 Å². The highest BCUT2D eigenvalue weighted by Gasteiger charge is 2.43. The predicted molar refractivity (Wildman–Crippen MR) is 207 cm³/mol. The summed E-state index contributed by atoms with van der Waals surface area (Å²) in [6.07, 6.45) is 5.87. The number of carboxylic acid groups (broad SMARTS) is 1. The van der Waals surface area contributed by atoms with Crippen LogP contribution in [0.3, 0.4) is 0 Å². The van der Waals surface area contributed by atoms with Crippen molar-refractivity contribution in [3.63, 3.8) is 0 Å². The highest BCUT2D eigenvalue weighted by Crippen LogP contribution is 2.30. The minimum absolute atomic E-state index is 0.0141. The minimum atomic E-state index is -1.14. The Morgan fingerprint density at radius 1 is 0.944 bits per heavy atom. The summed E-state index contributed by atoms with van der Waals surface area (Å²) < 4.78 is 11.9. The van der Waals surface area contributed by atoms with E-state index in [1.54, 1.807) is 23.8 Å². The summed E-state index contributed by atoms with van der Waals surface area (Å²) in [6, 6.07) is 5.58. The average molecular weight is 758 g/mol. The second-order valence-corrected chi connectivity index (χ2v) is 15.9. The lowest BCUT2D eigenvalue weighted by Crippen LogP contribution is -2.59. The van der Waals surface area contributed by atoms with Gasteiger partial charge in [0.1, 0.15) is 12.1 Å². The van der Waals surface area contributed by atoms with Crippen LogP contribution in [0.5, 0.6) is 0 Å². The van der Waals surface area contributed by atoms with Crippen molar-refractivity contribution in [2.45, 2.75) is 141 Å². The van der Waals surface area contributed by atoms with Crippen LogP contribution in [0.1, 0.15) is 98.0 Å². The van der Waals surface area contributed by atoms with Crippen molar-refractivity contribution in [2.24, 2.45) is 29.4 Å². The molecule has 3 rings (SSSR count). The van der Waals surface area contributed by atoms with E-state index in [-0.39, 0.29) is 42.4 Å². The number of nitrogens with one attached hydrogen (secondary N) is 2. The van der Waals surface area contributed by atoms with Crippen LogP contribution in [-0.2, 0) is 39.9 Å². The molecule has 0 radical (unpaired) electrons.